The molecule has 0 fully saturated rings. The molecule has 0 unspecified atom stereocenters. The maximum Gasteiger partial charge on any atom is 0.132 e. The zero-order valence-corrected chi connectivity index (χ0v) is 6.91. The number of hydrogen-bond donors (Lipinski definition) is 0. The van der Waals surface area contributed by atoms with Crippen LogP contribution in [0.15, 0.2) is 12.3 Å². The van der Waals surface area contributed by atoms with Crippen LogP contribution in [-0.2, 0) is 6.42 Å². The molecule has 3 heteroatoms. The van der Waals surface area contributed by atoms with Gasteiger partial charge in [0, 0.05) is 25.4 Å². The van der Waals surface area contributed by atoms with Crippen LogP contribution in [0.2, 0.25) is 0 Å². The van der Waals surface area contributed by atoms with E-state index in [1.165, 1.54) is 0 Å². The van der Waals surface area contributed by atoms with Gasteiger partial charge in [-0.3, -0.25) is 0 Å². The van der Waals surface area contributed by atoms with E-state index in [1.807, 2.05) is 7.05 Å². The Hall–Kier alpha value is -1.56. The van der Waals surface area contributed by atoms with Crippen molar-refractivity contribution in [3.63, 3.8) is 0 Å². The van der Waals surface area contributed by atoms with Gasteiger partial charge in [0.2, 0.25) is 0 Å². The van der Waals surface area contributed by atoms with Gasteiger partial charge in [-0.25, -0.2) is 4.98 Å². The number of likely N-dealkylation sites (N-methyl/N-ethyl adjacent to an activating group) is 1. The van der Waals surface area contributed by atoms with Crippen LogP contribution in [0.1, 0.15) is 11.1 Å². The fourth-order valence-electron chi connectivity index (χ4n) is 1.55. The number of anilines is 1. The van der Waals surface area contributed by atoms with Gasteiger partial charge in [-0.2, -0.15) is 5.26 Å². The monoisotopic (exact) mass is 159 g/mol. The molecular weight excluding hydrogens is 150 g/mol. The molecule has 1 aromatic rings. The summed E-state index contributed by atoms with van der Waals surface area (Å²) in [5.74, 6) is 0.967. The molecule has 1 aromatic heterocycles. The van der Waals surface area contributed by atoms with Crippen LogP contribution in [0.5, 0.6) is 0 Å². The van der Waals surface area contributed by atoms with E-state index < -0.39 is 0 Å². The topological polar surface area (TPSA) is 39.9 Å². The first kappa shape index (κ1) is 7.11. The summed E-state index contributed by atoms with van der Waals surface area (Å²) in [6.45, 7) is 0.973. The molecule has 0 atom stereocenters. The molecule has 0 bridgehead atoms. The molecule has 0 saturated heterocycles. The summed E-state index contributed by atoms with van der Waals surface area (Å²) >= 11 is 0. The molecule has 1 aliphatic heterocycles. The van der Waals surface area contributed by atoms with Crippen molar-refractivity contribution in [2.24, 2.45) is 0 Å². The highest BCUT2D eigenvalue weighted by atomic mass is 15.2. The Kier molecular flexibility index (Phi) is 1.47. The predicted molar refractivity (Wildman–Crippen MR) is 45.9 cm³/mol. The van der Waals surface area contributed by atoms with Crippen LogP contribution in [0.4, 0.5) is 5.82 Å². The average Bonchev–Trinajstić information content (AvgIpc) is 2.48. The Morgan fingerprint density at radius 2 is 2.50 bits per heavy atom. The van der Waals surface area contributed by atoms with Gasteiger partial charge in [0.25, 0.3) is 0 Å². The highest BCUT2D eigenvalue weighted by Crippen LogP contribution is 2.25. The molecule has 0 aromatic carbocycles. The lowest BCUT2D eigenvalue weighted by Crippen LogP contribution is -2.13. The van der Waals surface area contributed by atoms with Crippen molar-refractivity contribution in [1.29, 1.82) is 5.26 Å². The van der Waals surface area contributed by atoms with E-state index in [1.54, 1.807) is 12.3 Å². The van der Waals surface area contributed by atoms with E-state index in [-0.39, 0.29) is 0 Å². The Labute approximate surface area is 71.3 Å². The molecule has 2 rings (SSSR count). The normalized spacial score (nSPS) is 14.2. The number of fused-ring (bicyclic) bond motifs is 1. The quantitative estimate of drug-likeness (QED) is 0.565. The van der Waals surface area contributed by atoms with E-state index in [0.29, 0.717) is 0 Å². The van der Waals surface area contributed by atoms with E-state index in [0.717, 1.165) is 29.9 Å². The lowest BCUT2D eigenvalue weighted by Gasteiger charge is -2.09. The minimum atomic E-state index is 0.768. The first-order valence-corrected chi connectivity index (χ1v) is 3.92. The smallest absolute Gasteiger partial charge is 0.132 e. The molecule has 0 saturated carbocycles. The fraction of sp³-hybridized carbons (Fsp3) is 0.333. The predicted octanol–water partition coefficient (Wildman–Crippen LogP) is 0.946. The molecule has 2 heterocycles. The second kappa shape index (κ2) is 2.49. The molecule has 0 N–H and O–H groups in total. The van der Waals surface area contributed by atoms with Gasteiger partial charge < -0.3 is 4.90 Å². The van der Waals surface area contributed by atoms with Gasteiger partial charge in [-0.05, 0) is 12.5 Å². The summed E-state index contributed by atoms with van der Waals surface area (Å²) < 4.78 is 0. The molecule has 60 valence electrons. The highest BCUT2D eigenvalue weighted by molar-refractivity contribution is 5.57. The van der Waals surface area contributed by atoms with Crippen molar-refractivity contribution in [2.45, 2.75) is 6.42 Å². The third-order valence-corrected chi connectivity index (χ3v) is 2.21. The van der Waals surface area contributed by atoms with Crippen molar-refractivity contribution in [3.8, 4) is 6.07 Å². The highest BCUT2D eigenvalue weighted by Gasteiger charge is 2.19. The molecular formula is C9H9N3. The standard InChI is InChI=1S/C9H9N3/c1-12-5-3-8-7(6-10)2-4-11-9(8)12/h2,4H,3,5H2,1H3. The van der Waals surface area contributed by atoms with Crippen molar-refractivity contribution < 1.29 is 0 Å². The van der Waals surface area contributed by atoms with Crippen molar-refractivity contribution in [1.82, 2.24) is 4.98 Å². The summed E-state index contributed by atoms with van der Waals surface area (Å²) in [5.41, 5.74) is 1.87. The van der Waals surface area contributed by atoms with Crippen molar-refractivity contribution in [2.75, 3.05) is 18.5 Å². The maximum atomic E-state index is 8.79. The number of nitriles is 1. The zero-order valence-electron chi connectivity index (χ0n) is 6.91. The number of aromatic nitrogens is 1. The third-order valence-electron chi connectivity index (χ3n) is 2.21. The van der Waals surface area contributed by atoms with Gasteiger partial charge in [0.05, 0.1) is 11.6 Å². The van der Waals surface area contributed by atoms with Crippen molar-refractivity contribution in [3.05, 3.63) is 23.4 Å². The third kappa shape index (κ3) is 0.850. The van der Waals surface area contributed by atoms with Crippen molar-refractivity contribution >= 4 is 5.82 Å². The summed E-state index contributed by atoms with van der Waals surface area (Å²) in [5, 5.41) is 8.79. The summed E-state index contributed by atoms with van der Waals surface area (Å²) in [4.78, 5) is 6.30. The summed E-state index contributed by atoms with van der Waals surface area (Å²) in [6.07, 6.45) is 2.64. The minimum absolute atomic E-state index is 0.768. The Balaban J connectivity index is 2.60. The molecule has 0 amide bonds. The lowest BCUT2D eigenvalue weighted by atomic mass is 10.1. The zero-order chi connectivity index (χ0) is 8.55. The SMILES string of the molecule is CN1CCc2c(C#N)ccnc21. The van der Waals surface area contributed by atoms with Crippen LogP contribution < -0.4 is 4.90 Å². The van der Waals surface area contributed by atoms with E-state index in [4.69, 9.17) is 5.26 Å². The molecule has 0 radical (unpaired) electrons. The average molecular weight is 159 g/mol. The molecule has 0 spiro atoms. The van der Waals surface area contributed by atoms with E-state index >= 15 is 0 Å². The van der Waals surface area contributed by atoms with Crippen LogP contribution in [0.3, 0.4) is 0 Å². The van der Waals surface area contributed by atoms with Crippen LogP contribution in [0, 0.1) is 11.3 Å². The van der Waals surface area contributed by atoms with Gasteiger partial charge in [0.1, 0.15) is 5.82 Å². The second-order valence-electron chi connectivity index (χ2n) is 2.94. The van der Waals surface area contributed by atoms with Gasteiger partial charge in [0.15, 0.2) is 0 Å². The van der Waals surface area contributed by atoms with Gasteiger partial charge in [-0.15, -0.1) is 0 Å². The van der Waals surface area contributed by atoms with Crippen LogP contribution >= 0.6 is 0 Å². The fourth-order valence-corrected chi connectivity index (χ4v) is 1.55. The number of nitrogens with zero attached hydrogens (tertiary/aromatic N) is 3. The second-order valence-corrected chi connectivity index (χ2v) is 2.94. The van der Waals surface area contributed by atoms with E-state index in [9.17, 15) is 0 Å². The lowest BCUT2D eigenvalue weighted by molar-refractivity contribution is 0.945. The molecule has 1 aliphatic rings. The number of rotatable bonds is 0. The Bertz CT molecular complexity index is 351. The number of pyridine rings is 1. The van der Waals surface area contributed by atoms with Crippen LogP contribution in [0.25, 0.3) is 0 Å². The maximum absolute atomic E-state index is 8.79. The summed E-state index contributed by atoms with van der Waals surface area (Å²) in [6, 6.07) is 3.96. The molecule has 3 nitrogen and oxygen atoms in total. The molecule has 12 heavy (non-hydrogen) atoms. The number of hydrogen-bond acceptors (Lipinski definition) is 3. The van der Waals surface area contributed by atoms with E-state index in [2.05, 4.69) is 16.0 Å². The summed E-state index contributed by atoms with van der Waals surface area (Å²) in [7, 11) is 2.00. The largest absolute Gasteiger partial charge is 0.359 e. The Morgan fingerprint density at radius 1 is 1.67 bits per heavy atom. The van der Waals surface area contributed by atoms with Gasteiger partial charge in [-0.1, -0.05) is 0 Å². The van der Waals surface area contributed by atoms with Crippen LogP contribution in [-0.4, -0.2) is 18.6 Å². The first-order chi connectivity index (χ1) is 5.83. The first-order valence-electron chi connectivity index (χ1n) is 3.92. The van der Waals surface area contributed by atoms with Gasteiger partial charge >= 0.3 is 0 Å². The Morgan fingerprint density at radius 3 is 3.25 bits per heavy atom. The minimum Gasteiger partial charge on any atom is -0.359 e. The molecule has 0 aliphatic carbocycles.